The number of likely N-dealkylation sites (N-methyl/N-ethyl adjacent to an activating group) is 1. The molecule has 168 valence electrons. The van der Waals surface area contributed by atoms with Crippen LogP contribution in [0.3, 0.4) is 0 Å². The third kappa shape index (κ3) is 3.74. The number of fused-ring (bicyclic) bond motifs is 3. The van der Waals surface area contributed by atoms with Gasteiger partial charge in [-0.15, -0.1) is 0 Å². The number of nitrogens with one attached hydrogen (secondary N) is 1. The number of carbonyl (C=O) groups excluding carboxylic acids is 2. The van der Waals surface area contributed by atoms with Gasteiger partial charge in [-0.2, -0.15) is 0 Å². The Hall–Kier alpha value is -2.62. The maximum atomic E-state index is 12.8. The zero-order valence-electron chi connectivity index (χ0n) is 19.3. The summed E-state index contributed by atoms with van der Waals surface area (Å²) >= 11 is 0. The Morgan fingerprint density at radius 1 is 1.00 bits per heavy atom. The van der Waals surface area contributed by atoms with Crippen LogP contribution in [0.4, 0.5) is 0 Å². The molecule has 1 aliphatic heterocycles. The fourth-order valence-electron chi connectivity index (χ4n) is 6.32. The van der Waals surface area contributed by atoms with Crippen molar-refractivity contribution in [2.24, 2.45) is 0 Å². The van der Waals surface area contributed by atoms with E-state index in [4.69, 9.17) is 0 Å². The minimum absolute atomic E-state index is 0.0243. The summed E-state index contributed by atoms with van der Waals surface area (Å²) in [4.78, 5) is 27.1. The number of piperidine rings is 1. The van der Waals surface area contributed by atoms with Gasteiger partial charge in [0.25, 0.3) is 5.91 Å². The van der Waals surface area contributed by atoms with Gasteiger partial charge in [0.1, 0.15) is 0 Å². The summed E-state index contributed by atoms with van der Waals surface area (Å²) in [5.74, 6) is 0.317. The number of amides is 2. The third-order valence-electron chi connectivity index (χ3n) is 8.26. The molecule has 2 aromatic rings. The van der Waals surface area contributed by atoms with Crippen LogP contribution >= 0.6 is 0 Å². The molecule has 0 bridgehead atoms. The zero-order valence-corrected chi connectivity index (χ0v) is 19.3. The lowest BCUT2D eigenvalue weighted by Gasteiger charge is -2.50. The Morgan fingerprint density at radius 3 is 2.59 bits per heavy atom. The Balaban J connectivity index is 1.39. The summed E-state index contributed by atoms with van der Waals surface area (Å²) in [5, 5.41) is 3.24. The van der Waals surface area contributed by atoms with Crippen molar-refractivity contribution < 1.29 is 9.59 Å². The molecule has 32 heavy (non-hydrogen) atoms. The number of hydrogen-bond acceptors (Lipinski definition) is 2. The van der Waals surface area contributed by atoms with Gasteiger partial charge < -0.3 is 10.2 Å². The van der Waals surface area contributed by atoms with Crippen molar-refractivity contribution in [3.8, 4) is 11.1 Å². The van der Waals surface area contributed by atoms with Crippen molar-refractivity contribution in [3.63, 3.8) is 0 Å². The van der Waals surface area contributed by atoms with Crippen molar-refractivity contribution in [3.05, 3.63) is 59.2 Å². The summed E-state index contributed by atoms with van der Waals surface area (Å²) in [6, 6.07) is 15.4. The second kappa shape index (κ2) is 8.38. The molecule has 2 amide bonds. The molecule has 1 unspecified atom stereocenters. The standard InChI is InChI=1S/C28H34N2O2/c1-28-16-15-26(31)30(2)25(28)14-12-21-17-20(11-13-24(21)28)19-7-6-8-22(18-19)27(32)29-23-9-4-3-5-10-23/h6-8,11,13,17-18,23,25H,3-5,9-10,12,14-16H2,1-2H3,(H,29,32)/t25?,28-/m1/s1. The second-order valence-corrected chi connectivity index (χ2v) is 10.2. The minimum Gasteiger partial charge on any atom is -0.349 e. The van der Waals surface area contributed by atoms with Gasteiger partial charge in [0, 0.05) is 36.5 Å². The Kier molecular flexibility index (Phi) is 5.56. The smallest absolute Gasteiger partial charge is 0.251 e. The topological polar surface area (TPSA) is 49.4 Å². The van der Waals surface area contributed by atoms with Crippen LogP contribution in [0.25, 0.3) is 11.1 Å². The molecule has 2 fully saturated rings. The van der Waals surface area contributed by atoms with Crippen molar-refractivity contribution >= 4 is 11.8 Å². The second-order valence-electron chi connectivity index (χ2n) is 10.2. The highest BCUT2D eigenvalue weighted by Crippen LogP contribution is 2.46. The van der Waals surface area contributed by atoms with Gasteiger partial charge in [-0.25, -0.2) is 0 Å². The molecule has 4 nitrogen and oxygen atoms in total. The molecule has 1 N–H and O–H groups in total. The minimum atomic E-state index is 0.0243. The number of nitrogens with zero attached hydrogens (tertiary/aromatic N) is 1. The summed E-state index contributed by atoms with van der Waals surface area (Å²) in [5.41, 5.74) is 5.80. The summed E-state index contributed by atoms with van der Waals surface area (Å²) in [6.45, 7) is 2.33. The van der Waals surface area contributed by atoms with Crippen molar-refractivity contribution in [2.75, 3.05) is 7.05 Å². The summed E-state index contributed by atoms with van der Waals surface area (Å²) in [7, 11) is 1.97. The Bertz CT molecular complexity index is 1040. The number of likely N-dealkylation sites (tertiary alicyclic amines) is 1. The molecular weight excluding hydrogens is 396 g/mol. The fraction of sp³-hybridized carbons (Fsp3) is 0.500. The lowest BCUT2D eigenvalue weighted by Crippen LogP contribution is -2.56. The Morgan fingerprint density at radius 2 is 1.78 bits per heavy atom. The number of benzene rings is 2. The largest absolute Gasteiger partial charge is 0.349 e. The van der Waals surface area contributed by atoms with Crippen LogP contribution in [0.15, 0.2) is 42.5 Å². The normalized spacial score (nSPS) is 25.8. The van der Waals surface area contributed by atoms with Crippen LogP contribution in [-0.2, 0) is 16.6 Å². The van der Waals surface area contributed by atoms with Crippen LogP contribution in [0.1, 0.15) is 79.8 Å². The van der Waals surface area contributed by atoms with E-state index >= 15 is 0 Å². The van der Waals surface area contributed by atoms with Crippen LogP contribution in [0.5, 0.6) is 0 Å². The molecule has 3 aliphatic rings. The van der Waals surface area contributed by atoms with E-state index in [9.17, 15) is 9.59 Å². The molecule has 1 saturated carbocycles. The van der Waals surface area contributed by atoms with E-state index in [-0.39, 0.29) is 23.3 Å². The predicted molar refractivity (Wildman–Crippen MR) is 128 cm³/mol. The molecule has 5 rings (SSSR count). The first kappa shape index (κ1) is 21.2. The Labute approximate surface area is 191 Å². The summed E-state index contributed by atoms with van der Waals surface area (Å²) < 4.78 is 0. The molecule has 0 spiro atoms. The van der Waals surface area contributed by atoms with Crippen LogP contribution < -0.4 is 5.32 Å². The molecular formula is C28H34N2O2. The molecule has 4 heteroatoms. The highest BCUT2D eigenvalue weighted by atomic mass is 16.2. The molecule has 0 radical (unpaired) electrons. The molecule has 2 aromatic carbocycles. The van der Waals surface area contributed by atoms with E-state index in [0.717, 1.165) is 43.2 Å². The van der Waals surface area contributed by atoms with Gasteiger partial charge in [0.15, 0.2) is 0 Å². The van der Waals surface area contributed by atoms with Gasteiger partial charge >= 0.3 is 0 Å². The SMILES string of the molecule is CN1C(=O)CC[C@]2(C)c3ccc(-c4cccc(C(=O)NC5CCCCC5)c4)cc3CCC12. The molecule has 2 aliphatic carbocycles. The van der Waals surface area contributed by atoms with Gasteiger partial charge in [0.2, 0.25) is 5.91 Å². The van der Waals surface area contributed by atoms with Crippen LogP contribution in [0, 0.1) is 0 Å². The fourth-order valence-corrected chi connectivity index (χ4v) is 6.32. The van der Waals surface area contributed by atoms with E-state index in [1.165, 1.54) is 36.0 Å². The average Bonchev–Trinajstić information content (AvgIpc) is 2.82. The number of rotatable bonds is 3. The van der Waals surface area contributed by atoms with E-state index in [1.54, 1.807) is 0 Å². The molecule has 1 heterocycles. The lowest BCUT2D eigenvalue weighted by atomic mass is 9.63. The van der Waals surface area contributed by atoms with Gasteiger partial charge in [-0.3, -0.25) is 9.59 Å². The summed E-state index contributed by atoms with van der Waals surface area (Å²) in [6.07, 6.45) is 9.45. The van der Waals surface area contributed by atoms with E-state index in [1.807, 2.05) is 30.1 Å². The van der Waals surface area contributed by atoms with Crippen molar-refractivity contribution in [1.82, 2.24) is 10.2 Å². The highest BCUT2D eigenvalue weighted by molar-refractivity contribution is 5.95. The van der Waals surface area contributed by atoms with Gasteiger partial charge in [-0.05, 0) is 66.5 Å². The van der Waals surface area contributed by atoms with Crippen LogP contribution in [-0.4, -0.2) is 35.8 Å². The first-order chi connectivity index (χ1) is 15.5. The first-order valence-corrected chi connectivity index (χ1v) is 12.3. The lowest BCUT2D eigenvalue weighted by molar-refractivity contribution is -0.138. The van der Waals surface area contributed by atoms with Crippen molar-refractivity contribution in [1.29, 1.82) is 0 Å². The molecule has 0 aromatic heterocycles. The predicted octanol–water partition coefficient (Wildman–Crippen LogP) is 5.24. The van der Waals surface area contributed by atoms with E-state index in [2.05, 4.69) is 36.5 Å². The van der Waals surface area contributed by atoms with Crippen LogP contribution in [0.2, 0.25) is 0 Å². The maximum absolute atomic E-state index is 12.8. The first-order valence-electron chi connectivity index (χ1n) is 12.3. The number of carbonyl (C=O) groups is 2. The monoisotopic (exact) mass is 430 g/mol. The average molecular weight is 431 g/mol. The van der Waals surface area contributed by atoms with E-state index in [0.29, 0.717) is 12.5 Å². The quantitative estimate of drug-likeness (QED) is 0.724. The van der Waals surface area contributed by atoms with E-state index < -0.39 is 0 Å². The molecule has 1 saturated heterocycles. The maximum Gasteiger partial charge on any atom is 0.251 e. The van der Waals surface area contributed by atoms with Crippen molar-refractivity contribution in [2.45, 2.75) is 82.2 Å². The number of hydrogen-bond donors (Lipinski definition) is 1. The zero-order chi connectivity index (χ0) is 22.3. The molecule has 2 atom stereocenters. The number of aryl methyl sites for hydroxylation is 1. The van der Waals surface area contributed by atoms with Gasteiger partial charge in [-0.1, -0.05) is 56.5 Å². The highest BCUT2D eigenvalue weighted by Gasteiger charge is 2.46. The van der Waals surface area contributed by atoms with Gasteiger partial charge in [0.05, 0.1) is 0 Å². The third-order valence-corrected chi connectivity index (χ3v) is 8.26.